The third-order valence-corrected chi connectivity index (χ3v) is 3.22. The molecule has 0 bridgehead atoms. The molecule has 0 aromatic carbocycles. The van der Waals surface area contributed by atoms with Crippen molar-refractivity contribution in [1.82, 2.24) is 0 Å². The number of terminal acetylenes is 1. The van der Waals surface area contributed by atoms with Crippen LogP contribution in [0.5, 0.6) is 0 Å². The first-order chi connectivity index (χ1) is 7.33. The molecule has 0 spiro atoms. The van der Waals surface area contributed by atoms with Crippen LogP contribution in [0.1, 0.15) is 64.2 Å². The van der Waals surface area contributed by atoms with Gasteiger partial charge < -0.3 is 0 Å². The molecule has 1 heteroatoms. The Labute approximate surface area is 93.6 Å². The maximum atomic E-state index is 11.6. The smallest absolute Gasteiger partial charge is 0.134 e. The lowest BCUT2D eigenvalue weighted by Crippen LogP contribution is -2.07. The number of carbonyl (C=O) groups is 1. The Balaban J connectivity index is 2.36. The van der Waals surface area contributed by atoms with Gasteiger partial charge in [0.2, 0.25) is 0 Å². The summed E-state index contributed by atoms with van der Waals surface area (Å²) in [5.74, 6) is 3.34. The molecule has 1 atom stereocenters. The van der Waals surface area contributed by atoms with E-state index in [2.05, 4.69) is 5.92 Å². The molecule has 1 aliphatic carbocycles. The lowest BCUT2D eigenvalue weighted by Gasteiger charge is -2.11. The lowest BCUT2D eigenvalue weighted by molar-refractivity contribution is -0.119. The van der Waals surface area contributed by atoms with E-state index in [-0.39, 0.29) is 5.92 Å². The standard InChI is InChI=1S/C14H22O/c1-2-13-10-8-6-4-3-5-7-9-11-14(15)12-13/h1,13H,3-12H2. The number of carbonyl (C=O) groups excluding carboxylic acids is 1. The van der Waals surface area contributed by atoms with Gasteiger partial charge in [-0.2, -0.15) is 0 Å². The van der Waals surface area contributed by atoms with Crippen molar-refractivity contribution in [2.24, 2.45) is 5.92 Å². The van der Waals surface area contributed by atoms with Gasteiger partial charge in [-0.05, 0) is 12.8 Å². The van der Waals surface area contributed by atoms with Crippen molar-refractivity contribution in [1.29, 1.82) is 0 Å². The summed E-state index contributed by atoms with van der Waals surface area (Å²) in [7, 11) is 0. The van der Waals surface area contributed by atoms with Crippen LogP contribution in [-0.4, -0.2) is 5.78 Å². The van der Waals surface area contributed by atoms with Gasteiger partial charge in [-0.25, -0.2) is 0 Å². The van der Waals surface area contributed by atoms with Crippen LogP contribution in [0.3, 0.4) is 0 Å². The van der Waals surface area contributed by atoms with E-state index in [4.69, 9.17) is 6.42 Å². The van der Waals surface area contributed by atoms with Gasteiger partial charge in [-0.15, -0.1) is 12.3 Å². The predicted molar refractivity (Wildman–Crippen MR) is 63.5 cm³/mol. The largest absolute Gasteiger partial charge is 0.300 e. The molecular formula is C14H22O. The summed E-state index contributed by atoms with van der Waals surface area (Å²) in [5, 5.41) is 0. The fourth-order valence-electron chi connectivity index (χ4n) is 2.22. The first-order valence-corrected chi connectivity index (χ1v) is 6.31. The molecule has 0 aromatic heterocycles. The summed E-state index contributed by atoms with van der Waals surface area (Å²) in [6.07, 6.45) is 16.6. The first-order valence-electron chi connectivity index (χ1n) is 6.31. The topological polar surface area (TPSA) is 17.1 Å². The minimum absolute atomic E-state index is 0.205. The van der Waals surface area contributed by atoms with E-state index in [1.807, 2.05) is 0 Å². The molecule has 0 saturated heterocycles. The number of hydrogen-bond acceptors (Lipinski definition) is 1. The predicted octanol–water partition coefficient (Wildman–Crippen LogP) is 3.72. The Morgan fingerprint density at radius 1 is 1.00 bits per heavy atom. The second kappa shape index (κ2) is 7.51. The second-order valence-electron chi connectivity index (χ2n) is 4.62. The molecule has 1 saturated carbocycles. The van der Waals surface area contributed by atoms with Gasteiger partial charge in [0.15, 0.2) is 0 Å². The van der Waals surface area contributed by atoms with Gasteiger partial charge in [0.25, 0.3) is 0 Å². The van der Waals surface area contributed by atoms with Gasteiger partial charge in [-0.1, -0.05) is 38.5 Å². The number of Topliss-reactive ketones (excluding diaryl/α,β-unsaturated/α-hetero) is 1. The fourth-order valence-corrected chi connectivity index (χ4v) is 2.22. The number of hydrogen-bond donors (Lipinski definition) is 0. The van der Waals surface area contributed by atoms with Gasteiger partial charge in [0.1, 0.15) is 5.78 Å². The Kier molecular flexibility index (Phi) is 6.16. The summed E-state index contributed by atoms with van der Waals surface area (Å²) < 4.78 is 0. The average molecular weight is 206 g/mol. The van der Waals surface area contributed by atoms with Crippen molar-refractivity contribution < 1.29 is 4.79 Å². The van der Waals surface area contributed by atoms with Crippen molar-refractivity contribution in [3.8, 4) is 12.3 Å². The number of ketones is 1. The highest BCUT2D eigenvalue weighted by Crippen LogP contribution is 2.18. The molecule has 1 aliphatic rings. The molecule has 0 amide bonds. The zero-order valence-corrected chi connectivity index (χ0v) is 9.63. The van der Waals surface area contributed by atoms with E-state index in [0.717, 1.165) is 19.3 Å². The van der Waals surface area contributed by atoms with E-state index in [9.17, 15) is 4.79 Å². The minimum Gasteiger partial charge on any atom is -0.300 e. The van der Waals surface area contributed by atoms with E-state index in [1.54, 1.807) is 0 Å². The van der Waals surface area contributed by atoms with Gasteiger partial charge in [-0.3, -0.25) is 4.79 Å². The summed E-state index contributed by atoms with van der Waals surface area (Å²) in [6.45, 7) is 0. The molecule has 84 valence electrons. The summed E-state index contributed by atoms with van der Waals surface area (Å²) in [4.78, 5) is 11.6. The Hall–Kier alpha value is -0.770. The van der Waals surface area contributed by atoms with Crippen molar-refractivity contribution in [3.63, 3.8) is 0 Å². The molecule has 1 rings (SSSR count). The third-order valence-electron chi connectivity index (χ3n) is 3.22. The van der Waals surface area contributed by atoms with Gasteiger partial charge in [0, 0.05) is 18.8 Å². The molecule has 1 unspecified atom stereocenters. The monoisotopic (exact) mass is 206 g/mol. The van der Waals surface area contributed by atoms with Crippen LogP contribution >= 0.6 is 0 Å². The van der Waals surface area contributed by atoms with Crippen LogP contribution in [0.4, 0.5) is 0 Å². The average Bonchev–Trinajstić information content (AvgIpc) is 2.22. The second-order valence-corrected chi connectivity index (χ2v) is 4.62. The van der Waals surface area contributed by atoms with Crippen molar-refractivity contribution in [3.05, 3.63) is 0 Å². The normalized spacial score (nSPS) is 26.1. The van der Waals surface area contributed by atoms with Crippen LogP contribution in [0.2, 0.25) is 0 Å². The van der Waals surface area contributed by atoms with Gasteiger partial charge in [0.05, 0.1) is 0 Å². The van der Waals surface area contributed by atoms with Crippen LogP contribution < -0.4 is 0 Å². The van der Waals surface area contributed by atoms with Crippen LogP contribution in [0, 0.1) is 18.3 Å². The number of rotatable bonds is 0. The third kappa shape index (κ3) is 5.62. The highest BCUT2D eigenvalue weighted by atomic mass is 16.1. The van der Waals surface area contributed by atoms with Crippen LogP contribution in [0.15, 0.2) is 0 Å². The fraction of sp³-hybridized carbons (Fsp3) is 0.786. The Morgan fingerprint density at radius 3 is 2.27 bits per heavy atom. The Bertz CT molecular complexity index is 224. The van der Waals surface area contributed by atoms with E-state index in [1.165, 1.54) is 38.5 Å². The molecule has 0 radical (unpaired) electrons. The van der Waals surface area contributed by atoms with Crippen LogP contribution in [-0.2, 0) is 4.79 Å². The quantitative estimate of drug-likeness (QED) is 0.552. The maximum absolute atomic E-state index is 11.6. The zero-order chi connectivity index (χ0) is 10.9. The highest BCUT2D eigenvalue weighted by molar-refractivity contribution is 5.78. The van der Waals surface area contributed by atoms with Crippen molar-refractivity contribution in [2.75, 3.05) is 0 Å². The van der Waals surface area contributed by atoms with Crippen molar-refractivity contribution >= 4 is 5.78 Å². The first kappa shape index (κ1) is 12.3. The summed E-state index contributed by atoms with van der Waals surface area (Å²) in [5.41, 5.74) is 0. The maximum Gasteiger partial charge on any atom is 0.134 e. The van der Waals surface area contributed by atoms with E-state index >= 15 is 0 Å². The zero-order valence-electron chi connectivity index (χ0n) is 9.63. The lowest BCUT2D eigenvalue weighted by atomic mass is 9.93. The molecular weight excluding hydrogens is 184 g/mol. The molecule has 1 nitrogen and oxygen atoms in total. The summed E-state index contributed by atoms with van der Waals surface area (Å²) >= 11 is 0. The Morgan fingerprint density at radius 2 is 1.60 bits per heavy atom. The molecule has 0 N–H and O–H groups in total. The highest BCUT2D eigenvalue weighted by Gasteiger charge is 2.11. The molecule has 0 aliphatic heterocycles. The van der Waals surface area contributed by atoms with E-state index < -0.39 is 0 Å². The molecule has 0 heterocycles. The minimum atomic E-state index is 0.205. The SMILES string of the molecule is C#CC1CCCCCCCCCC(=O)C1. The van der Waals surface area contributed by atoms with Crippen molar-refractivity contribution in [2.45, 2.75) is 64.2 Å². The molecule has 1 fully saturated rings. The summed E-state index contributed by atoms with van der Waals surface area (Å²) in [6, 6.07) is 0. The molecule has 15 heavy (non-hydrogen) atoms. The van der Waals surface area contributed by atoms with Gasteiger partial charge >= 0.3 is 0 Å². The van der Waals surface area contributed by atoms with E-state index in [0.29, 0.717) is 12.2 Å². The van der Waals surface area contributed by atoms with Crippen LogP contribution in [0.25, 0.3) is 0 Å². The molecule has 0 aromatic rings.